The van der Waals surface area contributed by atoms with Gasteiger partial charge in [0.25, 0.3) is 0 Å². The number of benzene rings is 1. The van der Waals surface area contributed by atoms with Crippen molar-refractivity contribution in [3.63, 3.8) is 0 Å². The van der Waals surface area contributed by atoms with E-state index in [1.165, 1.54) is 24.8 Å². The van der Waals surface area contributed by atoms with Crippen LogP contribution in [0.4, 0.5) is 0 Å². The number of hydrogen-bond acceptors (Lipinski definition) is 3. The topological polar surface area (TPSA) is 44.5 Å². The van der Waals surface area contributed by atoms with Crippen LogP contribution in [0.3, 0.4) is 0 Å². The first kappa shape index (κ1) is 13.1. The lowest BCUT2D eigenvalue weighted by atomic mass is 9.68. The normalized spacial score (nSPS) is 20.6. The van der Waals surface area contributed by atoms with Crippen molar-refractivity contribution < 1.29 is 9.47 Å². The molecule has 1 aliphatic carbocycles. The lowest BCUT2D eigenvalue weighted by Crippen LogP contribution is -2.37. The van der Waals surface area contributed by atoms with E-state index >= 15 is 0 Å². The minimum absolute atomic E-state index is 0.0625. The highest BCUT2D eigenvalue weighted by Gasteiger charge is 2.36. The van der Waals surface area contributed by atoms with Crippen LogP contribution in [0.5, 0.6) is 11.5 Å². The first-order chi connectivity index (χ1) is 9.18. The molecule has 3 nitrogen and oxygen atoms in total. The molecule has 0 unspecified atom stereocenters. The molecule has 1 fully saturated rings. The summed E-state index contributed by atoms with van der Waals surface area (Å²) >= 11 is 6.34. The molecule has 1 aromatic rings. The maximum atomic E-state index is 6.34. The number of fused-ring (bicyclic) bond motifs is 1. The van der Waals surface area contributed by atoms with Crippen LogP contribution < -0.4 is 15.2 Å². The van der Waals surface area contributed by atoms with Crippen LogP contribution in [-0.2, 0) is 5.41 Å². The van der Waals surface area contributed by atoms with Gasteiger partial charge in [-0.25, -0.2) is 0 Å². The largest absolute Gasteiger partial charge is 0.453 e. The van der Waals surface area contributed by atoms with E-state index in [1.807, 2.05) is 6.07 Å². The van der Waals surface area contributed by atoms with Crippen molar-refractivity contribution in [2.45, 2.75) is 44.4 Å². The van der Waals surface area contributed by atoms with Gasteiger partial charge in [-0.05, 0) is 37.0 Å². The van der Waals surface area contributed by atoms with Crippen molar-refractivity contribution in [2.24, 2.45) is 5.73 Å². The Morgan fingerprint density at radius 1 is 1.21 bits per heavy atom. The summed E-state index contributed by atoms with van der Waals surface area (Å²) in [5, 5.41) is 0.645. The van der Waals surface area contributed by atoms with Gasteiger partial charge in [0, 0.05) is 12.0 Å². The van der Waals surface area contributed by atoms with E-state index in [0.717, 1.165) is 24.2 Å². The summed E-state index contributed by atoms with van der Waals surface area (Å²) in [6.45, 7) is 3.02. The summed E-state index contributed by atoms with van der Waals surface area (Å²) < 4.78 is 11.0. The molecule has 0 amide bonds. The van der Waals surface area contributed by atoms with E-state index in [-0.39, 0.29) is 12.2 Å². The second-order valence-corrected chi connectivity index (χ2v) is 6.05. The van der Waals surface area contributed by atoms with Crippen LogP contribution in [0.25, 0.3) is 0 Å². The monoisotopic (exact) mass is 281 g/mol. The maximum absolute atomic E-state index is 6.34. The first-order valence-corrected chi connectivity index (χ1v) is 7.35. The van der Waals surface area contributed by atoms with Gasteiger partial charge in [-0.1, -0.05) is 30.9 Å². The van der Waals surface area contributed by atoms with Gasteiger partial charge in [-0.2, -0.15) is 0 Å². The van der Waals surface area contributed by atoms with Gasteiger partial charge in [0.2, 0.25) is 6.79 Å². The minimum atomic E-state index is 0.0625. The van der Waals surface area contributed by atoms with Crippen molar-refractivity contribution in [1.82, 2.24) is 0 Å². The Kier molecular flexibility index (Phi) is 3.35. The molecule has 19 heavy (non-hydrogen) atoms. The highest BCUT2D eigenvalue weighted by Crippen LogP contribution is 2.49. The smallest absolute Gasteiger partial charge is 0.231 e. The predicted octanol–water partition coefficient (Wildman–Crippen LogP) is 3.54. The second-order valence-electron chi connectivity index (χ2n) is 5.64. The molecule has 3 rings (SSSR count). The number of ether oxygens (including phenoxy) is 2. The van der Waals surface area contributed by atoms with Gasteiger partial charge in [0.15, 0.2) is 11.5 Å². The average Bonchev–Trinajstić information content (AvgIpc) is 2.94. The lowest BCUT2D eigenvalue weighted by Gasteiger charge is -2.38. The Balaban J connectivity index is 2.11. The highest BCUT2D eigenvalue weighted by molar-refractivity contribution is 6.32. The molecule has 2 N–H and O–H groups in total. The van der Waals surface area contributed by atoms with Gasteiger partial charge in [0.05, 0.1) is 5.02 Å². The molecule has 0 aromatic heterocycles. The van der Waals surface area contributed by atoms with Crippen molar-refractivity contribution in [2.75, 3.05) is 13.3 Å². The predicted molar refractivity (Wildman–Crippen MR) is 76.1 cm³/mol. The first-order valence-electron chi connectivity index (χ1n) is 6.97. The molecule has 0 bridgehead atoms. The van der Waals surface area contributed by atoms with Crippen LogP contribution >= 0.6 is 11.6 Å². The minimum Gasteiger partial charge on any atom is -0.453 e. The molecule has 1 heterocycles. The third-order valence-electron chi connectivity index (χ3n) is 4.62. The van der Waals surface area contributed by atoms with Gasteiger partial charge >= 0.3 is 0 Å². The summed E-state index contributed by atoms with van der Waals surface area (Å²) in [5.74, 6) is 1.49. The van der Waals surface area contributed by atoms with Gasteiger partial charge < -0.3 is 15.2 Å². The molecule has 0 saturated heterocycles. The number of hydrogen-bond donors (Lipinski definition) is 1. The number of rotatable bonds is 2. The molecule has 0 spiro atoms. The fourth-order valence-corrected chi connectivity index (χ4v) is 3.77. The molecule has 0 atom stereocenters. The van der Waals surface area contributed by atoms with Crippen molar-refractivity contribution in [3.8, 4) is 11.5 Å². The SMILES string of the molecule is Cc1c(C2(CN)CCCCC2)cc(Cl)c2c1OCO2. The summed E-state index contributed by atoms with van der Waals surface area (Å²) in [7, 11) is 0. The Morgan fingerprint density at radius 2 is 1.89 bits per heavy atom. The van der Waals surface area contributed by atoms with E-state index in [9.17, 15) is 0 Å². The van der Waals surface area contributed by atoms with Gasteiger partial charge in [-0.15, -0.1) is 0 Å². The van der Waals surface area contributed by atoms with Gasteiger partial charge in [0.1, 0.15) is 0 Å². The molecule has 2 aliphatic rings. The molecule has 0 radical (unpaired) electrons. The van der Waals surface area contributed by atoms with Crippen LogP contribution in [-0.4, -0.2) is 13.3 Å². The van der Waals surface area contributed by atoms with Crippen LogP contribution in [0, 0.1) is 6.92 Å². The fraction of sp³-hybridized carbons (Fsp3) is 0.600. The lowest BCUT2D eigenvalue weighted by molar-refractivity contribution is 0.173. The molecule has 1 saturated carbocycles. The Labute approximate surface area is 119 Å². The van der Waals surface area contributed by atoms with Crippen LogP contribution in [0.1, 0.15) is 43.2 Å². The zero-order chi connectivity index (χ0) is 13.5. The number of halogens is 1. The molecule has 104 valence electrons. The third kappa shape index (κ3) is 2.00. The fourth-order valence-electron chi connectivity index (χ4n) is 3.52. The zero-order valence-corrected chi connectivity index (χ0v) is 12.1. The highest BCUT2D eigenvalue weighted by atomic mass is 35.5. The summed E-state index contributed by atoms with van der Waals surface area (Å²) in [6.07, 6.45) is 6.06. The van der Waals surface area contributed by atoms with E-state index < -0.39 is 0 Å². The Bertz CT molecular complexity index is 495. The number of nitrogens with two attached hydrogens (primary N) is 1. The summed E-state index contributed by atoms with van der Waals surface area (Å²) in [4.78, 5) is 0. The van der Waals surface area contributed by atoms with E-state index in [2.05, 4.69) is 6.92 Å². The van der Waals surface area contributed by atoms with Crippen LogP contribution in [0.15, 0.2) is 6.07 Å². The summed E-state index contributed by atoms with van der Waals surface area (Å²) in [5.41, 5.74) is 8.58. The molecule has 4 heteroatoms. The molecular formula is C15H20ClNO2. The van der Waals surface area contributed by atoms with Crippen molar-refractivity contribution in [1.29, 1.82) is 0 Å². The zero-order valence-electron chi connectivity index (χ0n) is 11.3. The van der Waals surface area contributed by atoms with Crippen LogP contribution in [0.2, 0.25) is 5.02 Å². The quantitative estimate of drug-likeness (QED) is 0.902. The second kappa shape index (κ2) is 4.88. The molecule has 1 aliphatic heterocycles. The van der Waals surface area contributed by atoms with Crippen molar-refractivity contribution >= 4 is 11.6 Å². The molecular weight excluding hydrogens is 262 g/mol. The van der Waals surface area contributed by atoms with Crippen molar-refractivity contribution in [3.05, 3.63) is 22.2 Å². The van der Waals surface area contributed by atoms with E-state index in [1.54, 1.807) is 0 Å². The maximum Gasteiger partial charge on any atom is 0.231 e. The standard InChI is InChI=1S/C15H20ClNO2/c1-10-11(15(8-17)5-3-2-4-6-15)7-12(16)14-13(10)18-9-19-14/h7H,2-6,8-9,17H2,1H3. The van der Waals surface area contributed by atoms with E-state index in [4.69, 9.17) is 26.8 Å². The average molecular weight is 282 g/mol. The molecule has 1 aromatic carbocycles. The van der Waals surface area contributed by atoms with Gasteiger partial charge in [-0.3, -0.25) is 0 Å². The van der Waals surface area contributed by atoms with E-state index in [0.29, 0.717) is 17.3 Å². The Hall–Kier alpha value is -0.930. The Morgan fingerprint density at radius 3 is 2.58 bits per heavy atom. The third-order valence-corrected chi connectivity index (χ3v) is 4.90. The summed E-state index contributed by atoms with van der Waals surface area (Å²) in [6, 6.07) is 2.04.